The molecule has 2 aliphatic rings. The minimum Gasteiger partial charge on any atom is -0.508 e. The highest BCUT2D eigenvalue weighted by Gasteiger charge is 2.33. The molecular formula is C29H45NO3. The van der Waals surface area contributed by atoms with Gasteiger partial charge in [-0.1, -0.05) is 70.4 Å². The lowest BCUT2D eigenvalue weighted by atomic mass is 9.76. The van der Waals surface area contributed by atoms with Crippen LogP contribution in [0.2, 0.25) is 0 Å². The van der Waals surface area contributed by atoms with Gasteiger partial charge in [-0.05, 0) is 73.1 Å². The Kier molecular flexibility index (Phi) is 12.8. The molecule has 1 unspecified atom stereocenters. The molecule has 4 rings (SSSR count). The Hall–Kier alpha value is -2.33. The fourth-order valence-corrected chi connectivity index (χ4v) is 4.57. The first-order chi connectivity index (χ1) is 15.8. The molecule has 0 aromatic heterocycles. The van der Waals surface area contributed by atoms with E-state index >= 15 is 0 Å². The number of carbonyl (C=O) groups excluding carboxylic acids is 1. The molecular weight excluding hydrogens is 410 g/mol. The number of benzene rings is 2. The molecule has 1 saturated heterocycles. The molecule has 1 aliphatic heterocycles. The summed E-state index contributed by atoms with van der Waals surface area (Å²) < 4.78 is 0. The molecule has 4 heteroatoms. The van der Waals surface area contributed by atoms with Crippen molar-refractivity contribution in [1.29, 1.82) is 0 Å². The van der Waals surface area contributed by atoms with E-state index in [9.17, 15) is 10.2 Å². The summed E-state index contributed by atoms with van der Waals surface area (Å²) in [5, 5.41) is 22.0. The third kappa shape index (κ3) is 9.21. The largest absolute Gasteiger partial charge is 0.508 e. The molecule has 33 heavy (non-hydrogen) atoms. The van der Waals surface area contributed by atoms with Crippen LogP contribution < -0.4 is 5.32 Å². The van der Waals surface area contributed by atoms with E-state index in [1.54, 1.807) is 6.07 Å². The van der Waals surface area contributed by atoms with Crippen molar-refractivity contribution in [2.75, 3.05) is 13.1 Å². The van der Waals surface area contributed by atoms with Crippen molar-refractivity contribution in [3.8, 4) is 11.5 Å². The first kappa shape index (κ1) is 28.7. The maximum atomic E-state index is 9.47. The van der Waals surface area contributed by atoms with Gasteiger partial charge in [-0.2, -0.15) is 0 Å². The summed E-state index contributed by atoms with van der Waals surface area (Å²) in [6.45, 7) is 15.6. The number of phenolic OH excluding ortho intramolecular Hbond substituents is 2. The van der Waals surface area contributed by atoms with Gasteiger partial charge >= 0.3 is 0 Å². The van der Waals surface area contributed by atoms with Crippen molar-refractivity contribution < 1.29 is 15.0 Å². The number of nitrogens with one attached hydrogen (secondary N) is 1. The fourth-order valence-electron chi connectivity index (χ4n) is 4.57. The average molecular weight is 456 g/mol. The zero-order chi connectivity index (χ0) is 24.9. The van der Waals surface area contributed by atoms with E-state index in [4.69, 9.17) is 4.79 Å². The molecule has 0 radical (unpaired) electrons. The van der Waals surface area contributed by atoms with E-state index in [0.29, 0.717) is 11.3 Å². The molecule has 2 aromatic rings. The van der Waals surface area contributed by atoms with Crippen molar-refractivity contribution >= 4 is 6.79 Å². The first-order valence-electron chi connectivity index (χ1n) is 12.4. The Morgan fingerprint density at radius 3 is 2.09 bits per heavy atom. The number of aryl methyl sites for hydroxylation is 2. The second-order valence-corrected chi connectivity index (χ2v) is 9.56. The molecule has 1 aliphatic carbocycles. The summed E-state index contributed by atoms with van der Waals surface area (Å²) >= 11 is 0. The zero-order valence-corrected chi connectivity index (χ0v) is 21.4. The van der Waals surface area contributed by atoms with Crippen LogP contribution in [0, 0.1) is 18.3 Å². The SMILES string of the molecule is C=O.CC1Cc2cc(O)cc(O)c2C1.CCCC1(CC)CNC1.CCCc1ccc(C)cc1. The topological polar surface area (TPSA) is 69.6 Å². The van der Waals surface area contributed by atoms with Crippen molar-refractivity contribution in [2.24, 2.45) is 11.3 Å². The Bertz CT molecular complexity index is 807. The van der Waals surface area contributed by atoms with Crippen LogP contribution in [0.15, 0.2) is 36.4 Å². The van der Waals surface area contributed by atoms with E-state index < -0.39 is 0 Å². The predicted molar refractivity (Wildman–Crippen MR) is 139 cm³/mol. The van der Waals surface area contributed by atoms with E-state index in [1.807, 2.05) is 6.79 Å². The second-order valence-electron chi connectivity index (χ2n) is 9.56. The molecule has 0 saturated carbocycles. The van der Waals surface area contributed by atoms with Gasteiger partial charge in [0.15, 0.2) is 0 Å². The van der Waals surface area contributed by atoms with Crippen LogP contribution in [-0.2, 0) is 24.1 Å². The summed E-state index contributed by atoms with van der Waals surface area (Å²) in [7, 11) is 0. The highest BCUT2D eigenvalue weighted by molar-refractivity contribution is 5.47. The number of carbonyl (C=O) groups is 1. The Labute approximate surface area is 201 Å². The predicted octanol–water partition coefficient (Wildman–Crippen LogP) is 6.38. The van der Waals surface area contributed by atoms with Crippen LogP contribution >= 0.6 is 0 Å². The fraction of sp³-hybridized carbons (Fsp3) is 0.552. The van der Waals surface area contributed by atoms with Crippen molar-refractivity contribution in [2.45, 2.75) is 79.6 Å². The van der Waals surface area contributed by atoms with Gasteiger partial charge in [0.1, 0.15) is 18.3 Å². The summed E-state index contributed by atoms with van der Waals surface area (Å²) in [5.41, 5.74) is 5.61. The summed E-state index contributed by atoms with van der Waals surface area (Å²) in [5.74, 6) is 1.00. The third-order valence-electron chi connectivity index (χ3n) is 6.61. The quantitative estimate of drug-likeness (QED) is 0.489. The zero-order valence-electron chi connectivity index (χ0n) is 21.4. The Morgan fingerprint density at radius 2 is 1.64 bits per heavy atom. The Morgan fingerprint density at radius 1 is 1.00 bits per heavy atom. The molecule has 1 fully saturated rings. The average Bonchev–Trinajstić information content (AvgIpc) is 3.15. The van der Waals surface area contributed by atoms with Gasteiger partial charge in [-0.15, -0.1) is 0 Å². The monoisotopic (exact) mass is 455 g/mol. The van der Waals surface area contributed by atoms with E-state index in [2.05, 4.69) is 64.2 Å². The lowest BCUT2D eigenvalue weighted by molar-refractivity contribution is -0.0980. The molecule has 3 N–H and O–H groups in total. The van der Waals surface area contributed by atoms with Gasteiger partial charge in [-0.25, -0.2) is 0 Å². The number of aromatic hydroxyl groups is 2. The van der Waals surface area contributed by atoms with Gasteiger partial charge in [0.2, 0.25) is 0 Å². The normalized spacial score (nSPS) is 17.1. The third-order valence-corrected chi connectivity index (χ3v) is 6.61. The van der Waals surface area contributed by atoms with Crippen molar-refractivity contribution in [1.82, 2.24) is 5.32 Å². The highest BCUT2D eigenvalue weighted by atomic mass is 16.3. The summed E-state index contributed by atoms with van der Waals surface area (Å²) in [6, 6.07) is 11.9. The first-order valence-corrected chi connectivity index (χ1v) is 12.4. The van der Waals surface area contributed by atoms with E-state index in [-0.39, 0.29) is 11.5 Å². The van der Waals surface area contributed by atoms with Crippen molar-refractivity contribution in [3.05, 3.63) is 58.7 Å². The van der Waals surface area contributed by atoms with E-state index in [0.717, 1.165) is 24.0 Å². The minimum atomic E-state index is 0.167. The highest BCUT2D eigenvalue weighted by Crippen LogP contribution is 2.36. The molecule has 1 heterocycles. The van der Waals surface area contributed by atoms with Gasteiger partial charge < -0.3 is 20.3 Å². The number of fused-ring (bicyclic) bond motifs is 1. The van der Waals surface area contributed by atoms with Crippen LogP contribution in [-0.4, -0.2) is 30.1 Å². The maximum absolute atomic E-state index is 9.47. The Balaban J connectivity index is 0.000000241. The molecule has 184 valence electrons. The lowest BCUT2D eigenvalue weighted by Crippen LogP contribution is -2.52. The smallest absolute Gasteiger partial charge is 0.122 e. The molecule has 4 nitrogen and oxygen atoms in total. The molecule has 1 atom stereocenters. The standard InChI is InChI=1S/C10H12O2.C10H14.C8H17N.CH2O/c1-6-2-7-4-8(11)5-10(12)9(7)3-6;1-3-4-10-7-5-9(2)6-8-10;1-3-5-8(4-2)6-9-7-8;1-2/h4-6,11-12H,2-3H2,1H3;5-8H,3-4H2,1-2H3;9H,3-7H2,1-2H3;1H2. The van der Waals surface area contributed by atoms with Crippen LogP contribution in [0.5, 0.6) is 11.5 Å². The van der Waals surface area contributed by atoms with Crippen LogP contribution in [0.1, 0.15) is 75.6 Å². The number of phenols is 2. The molecule has 0 amide bonds. The lowest BCUT2D eigenvalue weighted by Gasteiger charge is -2.42. The summed E-state index contributed by atoms with van der Waals surface area (Å²) in [6.07, 6.45) is 8.46. The molecule has 0 bridgehead atoms. The second kappa shape index (κ2) is 14.7. The van der Waals surface area contributed by atoms with Crippen LogP contribution in [0.4, 0.5) is 0 Å². The number of rotatable bonds is 5. The van der Waals surface area contributed by atoms with Gasteiger partial charge in [-0.3, -0.25) is 0 Å². The number of hydrogen-bond acceptors (Lipinski definition) is 4. The maximum Gasteiger partial charge on any atom is 0.122 e. The van der Waals surface area contributed by atoms with Gasteiger partial charge in [0.05, 0.1) is 0 Å². The van der Waals surface area contributed by atoms with Gasteiger partial charge in [0, 0.05) is 19.2 Å². The van der Waals surface area contributed by atoms with Crippen molar-refractivity contribution in [3.63, 3.8) is 0 Å². The van der Waals surface area contributed by atoms with Crippen LogP contribution in [0.25, 0.3) is 0 Å². The molecule has 0 spiro atoms. The summed E-state index contributed by atoms with van der Waals surface area (Å²) in [4.78, 5) is 8.00. The van der Waals surface area contributed by atoms with Gasteiger partial charge in [0.25, 0.3) is 0 Å². The molecule has 2 aromatic carbocycles. The van der Waals surface area contributed by atoms with Crippen LogP contribution in [0.3, 0.4) is 0 Å². The van der Waals surface area contributed by atoms with E-state index in [1.165, 1.54) is 62.4 Å². The number of hydrogen-bond donors (Lipinski definition) is 3. The minimum absolute atomic E-state index is 0.167.